The molecule has 2 fully saturated rings. The van der Waals surface area contributed by atoms with Crippen molar-refractivity contribution < 1.29 is 14.2 Å². The zero-order valence-corrected chi connectivity index (χ0v) is 16.7. The minimum atomic E-state index is 0.157. The molecule has 2 unspecified atom stereocenters. The van der Waals surface area contributed by atoms with Gasteiger partial charge in [-0.15, -0.1) is 0 Å². The molecule has 0 amide bonds. The molecular weight excluding hydrogens is 344 g/mol. The number of anilines is 1. The highest BCUT2D eigenvalue weighted by Gasteiger charge is 2.31. The van der Waals surface area contributed by atoms with Gasteiger partial charge in [-0.3, -0.25) is 9.89 Å². The van der Waals surface area contributed by atoms with Crippen molar-refractivity contribution in [2.24, 2.45) is 4.99 Å². The molecule has 2 aliphatic rings. The quantitative estimate of drug-likeness (QED) is 0.562. The lowest BCUT2D eigenvalue weighted by molar-refractivity contribution is -0.0431. The number of rotatable bonds is 7. The van der Waals surface area contributed by atoms with Crippen molar-refractivity contribution in [1.82, 2.24) is 10.2 Å². The Bertz CT molecular complexity index is 638. The topological polar surface area (TPSA) is 67.4 Å². The maximum Gasteiger partial charge on any atom is 0.195 e. The highest BCUT2D eigenvalue weighted by atomic mass is 16.5. The molecule has 0 aliphatic carbocycles. The minimum absolute atomic E-state index is 0.157. The smallest absolute Gasteiger partial charge is 0.195 e. The number of hydrogen-bond acceptors (Lipinski definition) is 5. The summed E-state index contributed by atoms with van der Waals surface area (Å²) in [5.41, 5.74) is 0.906. The van der Waals surface area contributed by atoms with E-state index in [4.69, 9.17) is 19.2 Å². The van der Waals surface area contributed by atoms with Crippen molar-refractivity contribution in [3.63, 3.8) is 0 Å². The Morgan fingerprint density at radius 1 is 1.33 bits per heavy atom. The van der Waals surface area contributed by atoms with E-state index in [0.29, 0.717) is 19.2 Å². The number of hydrogen-bond donors (Lipinski definition) is 2. The molecule has 1 aromatic rings. The standard InChI is InChI=1S/C20H32N4O3/c1-4-21-20(22-12-17-13-24-10-6-7-16(24)14-27-17)23-15-8-9-18(25-3)19(11-15)26-5-2/h8-9,11,16-17H,4-7,10,12-14H2,1-3H3,(H2,21,22,23). The van der Waals surface area contributed by atoms with Crippen molar-refractivity contribution in [3.8, 4) is 11.5 Å². The molecule has 7 heteroatoms. The lowest BCUT2D eigenvalue weighted by atomic mass is 10.2. The Kier molecular flexibility index (Phi) is 7.18. The largest absolute Gasteiger partial charge is 0.493 e. The van der Waals surface area contributed by atoms with Gasteiger partial charge in [-0.2, -0.15) is 0 Å². The van der Waals surface area contributed by atoms with Gasteiger partial charge in [-0.1, -0.05) is 0 Å². The molecule has 0 bridgehead atoms. The van der Waals surface area contributed by atoms with Gasteiger partial charge in [-0.25, -0.2) is 0 Å². The van der Waals surface area contributed by atoms with E-state index >= 15 is 0 Å². The number of nitrogens with one attached hydrogen (secondary N) is 2. The van der Waals surface area contributed by atoms with Crippen LogP contribution < -0.4 is 20.1 Å². The van der Waals surface area contributed by atoms with Crippen LogP contribution in [0.3, 0.4) is 0 Å². The Hall–Kier alpha value is -1.99. The van der Waals surface area contributed by atoms with Crippen LogP contribution in [-0.2, 0) is 4.74 Å². The third-order valence-corrected chi connectivity index (χ3v) is 4.98. The fourth-order valence-electron chi connectivity index (χ4n) is 3.66. The first-order chi connectivity index (χ1) is 13.2. The van der Waals surface area contributed by atoms with Crippen molar-refractivity contribution >= 4 is 11.6 Å². The Morgan fingerprint density at radius 2 is 2.22 bits per heavy atom. The first-order valence-corrected chi connectivity index (χ1v) is 9.95. The van der Waals surface area contributed by atoms with Gasteiger partial charge in [0.25, 0.3) is 0 Å². The molecule has 2 N–H and O–H groups in total. The van der Waals surface area contributed by atoms with Crippen LogP contribution in [0.4, 0.5) is 5.69 Å². The summed E-state index contributed by atoms with van der Waals surface area (Å²) in [7, 11) is 1.64. The lowest BCUT2D eigenvalue weighted by Crippen LogP contribution is -2.47. The summed E-state index contributed by atoms with van der Waals surface area (Å²) in [6.45, 7) is 9.05. The van der Waals surface area contributed by atoms with Gasteiger partial charge in [0.05, 0.1) is 33.0 Å². The molecule has 0 spiro atoms. The Labute approximate surface area is 162 Å². The number of ether oxygens (including phenoxy) is 3. The number of benzene rings is 1. The fourth-order valence-corrected chi connectivity index (χ4v) is 3.66. The van der Waals surface area contributed by atoms with E-state index < -0.39 is 0 Å². The molecule has 3 rings (SSSR count). The number of fused-ring (bicyclic) bond motifs is 1. The lowest BCUT2D eigenvalue weighted by Gasteiger charge is -2.34. The van der Waals surface area contributed by atoms with E-state index in [1.807, 2.05) is 25.1 Å². The monoisotopic (exact) mass is 376 g/mol. The van der Waals surface area contributed by atoms with Gasteiger partial charge in [0.2, 0.25) is 0 Å². The maximum atomic E-state index is 6.01. The highest BCUT2D eigenvalue weighted by molar-refractivity contribution is 5.93. The van der Waals surface area contributed by atoms with Gasteiger partial charge in [0.15, 0.2) is 17.5 Å². The molecule has 0 radical (unpaired) electrons. The van der Waals surface area contributed by atoms with Crippen molar-refractivity contribution in [2.45, 2.75) is 38.8 Å². The van der Waals surface area contributed by atoms with Crippen LogP contribution in [0.25, 0.3) is 0 Å². The average molecular weight is 377 g/mol. The summed E-state index contributed by atoms with van der Waals surface area (Å²) in [6, 6.07) is 6.41. The molecular formula is C20H32N4O3. The highest BCUT2D eigenvalue weighted by Crippen LogP contribution is 2.30. The Morgan fingerprint density at radius 3 is 3.00 bits per heavy atom. The van der Waals surface area contributed by atoms with Crippen LogP contribution in [0.2, 0.25) is 0 Å². The summed E-state index contributed by atoms with van der Waals surface area (Å²) < 4.78 is 17.0. The second-order valence-electron chi connectivity index (χ2n) is 6.89. The summed E-state index contributed by atoms with van der Waals surface area (Å²) in [6.07, 6.45) is 2.71. The fraction of sp³-hybridized carbons (Fsp3) is 0.650. The number of methoxy groups -OCH3 is 1. The number of guanidine groups is 1. The third-order valence-electron chi connectivity index (χ3n) is 4.98. The maximum absolute atomic E-state index is 6.01. The normalized spacial score (nSPS) is 23.0. The summed E-state index contributed by atoms with van der Waals surface area (Å²) in [5.74, 6) is 2.19. The summed E-state index contributed by atoms with van der Waals surface area (Å²) in [4.78, 5) is 7.28. The van der Waals surface area contributed by atoms with Crippen molar-refractivity contribution in [1.29, 1.82) is 0 Å². The molecule has 1 aromatic carbocycles. The molecule has 0 aromatic heterocycles. The molecule has 2 atom stereocenters. The predicted octanol–water partition coefficient (Wildman–Crippen LogP) is 2.33. The van der Waals surface area contributed by atoms with E-state index in [2.05, 4.69) is 22.5 Å². The molecule has 2 aliphatic heterocycles. The van der Waals surface area contributed by atoms with Crippen LogP contribution >= 0.6 is 0 Å². The van der Waals surface area contributed by atoms with Gasteiger partial charge in [0.1, 0.15) is 0 Å². The van der Waals surface area contributed by atoms with Crippen LogP contribution in [-0.4, -0.2) is 69.5 Å². The van der Waals surface area contributed by atoms with Crippen LogP contribution in [0.1, 0.15) is 26.7 Å². The van der Waals surface area contributed by atoms with Crippen LogP contribution in [0.5, 0.6) is 11.5 Å². The molecule has 150 valence electrons. The van der Waals surface area contributed by atoms with Gasteiger partial charge < -0.3 is 24.8 Å². The van der Waals surface area contributed by atoms with E-state index in [9.17, 15) is 0 Å². The van der Waals surface area contributed by atoms with Crippen LogP contribution in [0.15, 0.2) is 23.2 Å². The van der Waals surface area contributed by atoms with Gasteiger partial charge in [-0.05, 0) is 45.4 Å². The molecule has 2 heterocycles. The third kappa shape index (κ3) is 5.26. The molecule has 27 heavy (non-hydrogen) atoms. The van der Waals surface area contributed by atoms with Crippen molar-refractivity contribution in [2.75, 3.05) is 51.8 Å². The predicted molar refractivity (Wildman–Crippen MR) is 108 cm³/mol. The molecule has 0 saturated carbocycles. The zero-order chi connectivity index (χ0) is 19.1. The minimum Gasteiger partial charge on any atom is -0.493 e. The summed E-state index contributed by atoms with van der Waals surface area (Å²) in [5, 5.41) is 6.64. The van der Waals surface area contributed by atoms with Crippen LogP contribution in [0, 0.1) is 0 Å². The number of nitrogens with zero attached hydrogens (tertiary/aromatic N) is 2. The van der Waals surface area contributed by atoms with E-state index in [1.165, 1.54) is 19.4 Å². The first kappa shape index (κ1) is 19.8. The SMILES string of the molecule is CCNC(=NCC1CN2CCCC2CO1)Nc1ccc(OC)c(OCC)c1. The van der Waals surface area contributed by atoms with E-state index in [-0.39, 0.29) is 6.10 Å². The Balaban J connectivity index is 1.62. The number of aliphatic imine (C=N–C) groups is 1. The van der Waals surface area contributed by atoms with Gasteiger partial charge in [0, 0.05) is 30.9 Å². The average Bonchev–Trinajstić information content (AvgIpc) is 3.15. The van der Waals surface area contributed by atoms with Crippen molar-refractivity contribution in [3.05, 3.63) is 18.2 Å². The second kappa shape index (κ2) is 9.80. The second-order valence-corrected chi connectivity index (χ2v) is 6.89. The molecule has 2 saturated heterocycles. The molecule has 7 nitrogen and oxygen atoms in total. The first-order valence-electron chi connectivity index (χ1n) is 9.95. The van der Waals surface area contributed by atoms with E-state index in [0.717, 1.165) is 42.8 Å². The zero-order valence-electron chi connectivity index (χ0n) is 16.7. The van der Waals surface area contributed by atoms with E-state index in [1.54, 1.807) is 7.11 Å². The summed E-state index contributed by atoms with van der Waals surface area (Å²) >= 11 is 0. The number of morpholine rings is 1. The van der Waals surface area contributed by atoms with Gasteiger partial charge >= 0.3 is 0 Å².